The molecule has 5 heteroatoms. The summed E-state index contributed by atoms with van der Waals surface area (Å²) < 4.78 is 12.7. The zero-order chi connectivity index (χ0) is 11.7. The van der Waals surface area contributed by atoms with E-state index in [4.69, 9.17) is 5.11 Å². The third-order valence-electron chi connectivity index (χ3n) is 2.47. The fourth-order valence-electron chi connectivity index (χ4n) is 1.64. The second kappa shape index (κ2) is 3.94. The molecule has 4 nitrogen and oxygen atoms in total. The van der Waals surface area contributed by atoms with Gasteiger partial charge in [0.05, 0.1) is 6.04 Å². The molecule has 84 valence electrons. The highest BCUT2D eigenvalue weighted by atomic mass is 19.1. The van der Waals surface area contributed by atoms with E-state index in [9.17, 15) is 9.18 Å². The molecule has 0 radical (unpaired) electrons. The van der Waals surface area contributed by atoms with E-state index in [-0.39, 0.29) is 17.6 Å². The molecule has 2 N–H and O–H groups in total. The summed E-state index contributed by atoms with van der Waals surface area (Å²) in [5.74, 6) is -1.29. The molecule has 0 spiro atoms. The van der Waals surface area contributed by atoms with E-state index < -0.39 is 5.97 Å². The van der Waals surface area contributed by atoms with Crippen LogP contribution in [0.3, 0.4) is 0 Å². The number of hydrazine groups is 1. The molecule has 0 saturated heterocycles. The molecule has 0 aromatic heterocycles. The second-order valence-corrected chi connectivity index (χ2v) is 3.57. The van der Waals surface area contributed by atoms with Crippen LogP contribution in [-0.4, -0.2) is 23.1 Å². The van der Waals surface area contributed by atoms with Crippen molar-refractivity contribution in [1.82, 2.24) is 10.4 Å². The lowest BCUT2D eigenvalue weighted by Gasteiger charge is -2.16. The summed E-state index contributed by atoms with van der Waals surface area (Å²) in [6.07, 6.45) is 1.59. The van der Waals surface area contributed by atoms with E-state index in [1.165, 1.54) is 17.1 Å². The van der Waals surface area contributed by atoms with Crippen LogP contribution >= 0.6 is 0 Å². The summed E-state index contributed by atoms with van der Waals surface area (Å²) in [5.41, 5.74) is 3.97. The van der Waals surface area contributed by atoms with Gasteiger partial charge in [0.1, 0.15) is 11.5 Å². The molecule has 1 atom stereocenters. The first-order valence-electron chi connectivity index (χ1n) is 4.78. The fourth-order valence-corrected chi connectivity index (χ4v) is 1.64. The number of likely N-dealkylation sites (N-methyl/N-ethyl adjacent to an activating group) is 1. The number of carboxylic acid groups (broad SMARTS) is 1. The zero-order valence-electron chi connectivity index (χ0n) is 8.64. The first kappa shape index (κ1) is 10.6. The molecular formula is C11H11FN2O2. The van der Waals surface area contributed by atoms with Crippen molar-refractivity contribution in [3.63, 3.8) is 0 Å². The highest BCUT2D eigenvalue weighted by molar-refractivity contribution is 5.86. The molecule has 1 aromatic carbocycles. The largest absolute Gasteiger partial charge is 0.477 e. The highest BCUT2D eigenvalue weighted by Gasteiger charge is 2.25. The van der Waals surface area contributed by atoms with Crippen LogP contribution in [-0.2, 0) is 4.79 Å². The Morgan fingerprint density at radius 1 is 1.44 bits per heavy atom. The van der Waals surface area contributed by atoms with Crippen LogP contribution in [0.5, 0.6) is 0 Å². The van der Waals surface area contributed by atoms with Crippen molar-refractivity contribution in [3.8, 4) is 0 Å². The summed E-state index contributed by atoms with van der Waals surface area (Å²) >= 11 is 0. The lowest BCUT2D eigenvalue weighted by atomic mass is 10.1. The number of hydrogen-bond donors (Lipinski definition) is 2. The second-order valence-electron chi connectivity index (χ2n) is 3.57. The van der Waals surface area contributed by atoms with Gasteiger partial charge in [0, 0.05) is 7.05 Å². The number of carbonyl (C=O) groups is 1. The van der Waals surface area contributed by atoms with Crippen LogP contribution in [0.4, 0.5) is 4.39 Å². The first-order chi connectivity index (χ1) is 7.58. The van der Waals surface area contributed by atoms with Gasteiger partial charge in [0.15, 0.2) is 0 Å². The van der Waals surface area contributed by atoms with Gasteiger partial charge >= 0.3 is 5.97 Å². The molecule has 1 heterocycles. The van der Waals surface area contributed by atoms with Gasteiger partial charge in [-0.25, -0.2) is 14.6 Å². The predicted molar refractivity (Wildman–Crippen MR) is 55.8 cm³/mol. The molecule has 1 aromatic rings. The Bertz CT molecular complexity index is 442. The van der Waals surface area contributed by atoms with Gasteiger partial charge in [0.25, 0.3) is 0 Å². The minimum Gasteiger partial charge on any atom is -0.477 e. The number of nitrogens with zero attached hydrogens (tertiary/aromatic N) is 1. The van der Waals surface area contributed by atoms with Crippen LogP contribution in [0.1, 0.15) is 11.6 Å². The Morgan fingerprint density at radius 2 is 2.06 bits per heavy atom. The molecule has 1 aliphatic rings. The van der Waals surface area contributed by atoms with E-state index in [0.29, 0.717) is 0 Å². The average Bonchev–Trinajstić information content (AvgIpc) is 2.61. The normalized spacial score (nSPS) is 19.8. The molecule has 0 saturated carbocycles. The van der Waals surface area contributed by atoms with E-state index in [1.54, 1.807) is 25.3 Å². The zero-order valence-corrected chi connectivity index (χ0v) is 8.64. The van der Waals surface area contributed by atoms with Gasteiger partial charge in [-0.2, -0.15) is 0 Å². The van der Waals surface area contributed by atoms with Crippen molar-refractivity contribution in [2.45, 2.75) is 6.04 Å². The van der Waals surface area contributed by atoms with Gasteiger partial charge in [-0.05, 0) is 23.8 Å². The Morgan fingerprint density at radius 3 is 2.56 bits per heavy atom. The summed E-state index contributed by atoms with van der Waals surface area (Å²) in [5, 5.41) is 10.3. The molecule has 0 aliphatic carbocycles. The monoisotopic (exact) mass is 222 g/mol. The molecular weight excluding hydrogens is 211 g/mol. The summed E-state index contributed by atoms with van der Waals surface area (Å²) in [6.45, 7) is 0. The quantitative estimate of drug-likeness (QED) is 0.791. The molecule has 0 bridgehead atoms. The Labute approximate surface area is 92.0 Å². The number of benzene rings is 1. The fraction of sp³-hybridized carbons (Fsp3) is 0.182. The molecule has 16 heavy (non-hydrogen) atoms. The average molecular weight is 222 g/mol. The number of hydrogen-bond acceptors (Lipinski definition) is 3. The van der Waals surface area contributed by atoms with Crippen molar-refractivity contribution < 1.29 is 14.3 Å². The minimum absolute atomic E-state index is 0.189. The van der Waals surface area contributed by atoms with Gasteiger partial charge in [-0.1, -0.05) is 12.1 Å². The van der Waals surface area contributed by atoms with E-state index in [0.717, 1.165) is 5.56 Å². The van der Waals surface area contributed by atoms with E-state index in [2.05, 4.69) is 5.43 Å². The highest BCUT2D eigenvalue weighted by Crippen LogP contribution is 2.23. The third kappa shape index (κ3) is 1.90. The Hall–Kier alpha value is -1.88. The number of nitrogens with one attached hydrogen (secondary N) is 1. The van der Waals surface area contributed by atoms with Crippen LogP contribution in [0.25, 0.3) is 0 Å². The smallest absolute Gasteiger partial charge is 0.353 e. The van der Waals surface area contributed by atoms with Gasteiger partial charge in [-0.15, -0.1) is 0 Å². The van der Waals surface area contributed by atoms with Crippen molar-refractivity contribution >= 4 is 5.97 Å². The van der Waals surface area contributed by atoms with E-state index in [1.807, 2.05) is 0 Å². The summed E-state index contributed by atoms with van der Waals surface area (Å²) in [6, 6.07) is 5.73. The van der Waals surface area contributed by atoms with Crippen molar-refractivity contribution in [2.24, 2.45) is 0 Å². The molecule has 1 unspecified atom stereocenters. The van der Waals surface area contributed by atoms with Gasteiger partial charge in [-0.3, -0.25) is 0 Å². The van der Waals surface area contributed by atoms with Crippen LogP contribution in [0.15, 0.2) is 36.0 Å². The van der Waals surface area contributed by atoms with Crippen molar-refractivity contribution in [1.29, 1.82) is 0 Å². The number of aliphatic carboxylic acids is 1. The lowest BCUT2D eigenvalue weighted by molar-refractivity contribution is -0.134. The molecule has 1 aliphatic heterocycles. The maximum atomic E-state index is 12.7. The molecule has 2 rings (SSSR count). The number of halogens is 1. The minimum atomic E-state index is -0.986. The standard InChI is InChI=1S/C11H11FN2O2/c1-14-10(11(15)16)6-9(13-14)7-2-4-8(12)5-3-7/h2-6,9,13H,1H3,(H,15,16). The van der Waals surface area contributed by atoms with Gasteiger partial charge < -0.3 is 10.1 Å². The van der Waals surface area contributed by atoms with E-state index >= 15 is 0 Å². The Balaban J connectivity index is 2.25. The lowest BCUT2D eigenvalue weighted by Crippen LogP contribution is -2.31. The molecule has 0 amide bonds. The number of carboxylic acids is 1. The van der Waals surface area contributed by atoms with Crippen LogP contribution in [0, 0.1) is 5.82 Å². The number of rotatable bonds is 2. The maximum absolute atomic E-state index is 12.7. The maximum Gasteiger partial charge on any atom is 0.353 e. The third-order valence-corrected chi connectivity index (χ3v) is 2.47. The summed E-state index contributed by atoms with van der Waals surface area (Å²) in [4.78, 5) is 10.8. The van der Waals surface area contributed by atoms with Crippen molar-refractivity contribution in [3.05, 3.63) is 47.4 Å². The Kier molecular flexibility index (Phi) is 2.62. The van der Waals surface area contributed by atoms with Crippen LogP contribution < -0.4 is 5.43 Å². The topological polar surface area (TPSA) is 52.6 Å². The summed E-state index contributed by atoms with van der Waals surface area (Å²) in [7, 11) is 1.63. The van der Waals surface area contributed by atoms with Gasteiger partial charge in [0.2, 0.25) is 0 Å². The predicted octanol–water partition coefficient (Wildman–Crippen LogP) is 1.29. The SMILES string of the molecule is CN1NC(c2ccc(F)cc2)C=C1C(=O)O. The molecule has 0 fully saturated rings. The van der Waals surface area contributed by atoms with Crippen LogP contribution in [0.2, 0.25) is 0 Å². The first-order valence-corrected chi connectivity index (χ1v) is 4.78. The van der Waals surface area contributed by atoms with Crippen molar-refractivity contribution in [2.75, 3.05) is 7.05 Å².